The largest absolute Gasteiger partial charge is 0.478 e. The lowest BCUT2D eigenvalue weighted by Crippen LogP contribution is -2.07. The summed E-state index contributed by atoms with van der Waals surface area (Å²) in [6, 6.07) is 30.1. The molecule has 0 atom stereocenters. The number of nitrogens with one attached hydrogen (secondary N) is 2. The molecule has 0 aliphatic carbocycles. The zero-order valence-electron chi connectivity index (χ0n) is 20.6. The van der Waals surface area contributed by atoms with E-state index < -0.39 is 5.97 Å². The van der Waals surface area contributed by atoms with Crippen molar-refractivity contribution < 1.29 is 14.7 Å². The fraction of sp³-hybridized carbons (Fsp3) is 0.0625. The average Bonchev–Trinajstić information content (AvgIpc) is 2.91. The third-order valence-electron chi connectivity index (χ3n) is 6.00. The summed E-state index contributed by atoms with van der Waals surface area (Å²) in [4.78, 5) is 24.5. The average molecular weight is 489 g/mol. The number of Topliss-reactive ketones (excluding diaryl/α,β-unsaturated/α-hetero) is 1. The van der Waals surface area contributed by atoms with Crippen molar-refractivity contribution in [2.75, 3.05) is 10.6 Å². The Morgan fingerprint density at radius 3 is 1.54 bits per heavy atom. The van der Waals surface area contributed by atoms with Crippen LogP contribution in [0.2, 0.25) is 0 Å². The molecule has 4 aromatic rings. The molecule has 0 heterocycles. The molecule has 0 radical (unpaired) electrons. The first-order valence-corrected chi connectivity index (χ1v) is 11.8. The molecule has 5 heteroatoms. The van der Waals surface area contributed by atoms with Crippen LogP contribution < -0.4 is 10.6 Å². The molecule has 4 rings (SSSR count). The van der Waals surface area contributed by atoms with Crippen LogP contribution in [-0.2, 0) is 6.42 Å². The highest BCUT2D eigenvalue weighted by molar-refractivity contribution is 6.01. The van der Waals surface area contributed by atoms with Crippen molar-refractivity contribution in [2.45, 2.75) is 13.3 Å². The molecule has 0 unspecified atom stereocenters. The van der Waals surface area contributed by atoms with Crippen LogP contribution in [0.15, 0.2) is 110 Å². The standard InChI is InChI=1S/C32H28N2O3/c1-21(26-10-6-4-7-11-26)33-30-16-14-24(19-28(30)23(3)35)18-25-15-17-31(29(20-25)32(36)37)34-22(2)27-12-8-5-9-13-27/h4-17,19-20,33-34H,1-2,18H2,3H3,(H,36,37). The maximum Gasteiger partial charge on any atom is 0.337 e. The van der Waals surface area contributed by atoms with Crippen molar-refractivity contribution in [3.8, 4) is 0 Å². The number of carbonyl (C=O) groups excluding carboxylic acids is 1. The van der Waals surface area contributed by atoms with Gasteiger partial charge in [-0.2, -0.15) is 0 Å². The van der Waals surface area contributed by atoms with Gasteiger partial charge in [0.15, 0.2) is 5.78 Å². The normalized spacial score (nSPS) is 10.4. The lowest BCUT2D eigenvalue weighted by Gasteiger charge is -2.15. The van der Waals surface area contributed by atoms with Gasteiger partial charge in [-0.1, -0.05) is 86.0 Å². The van der Waals surface area contributed by atoms with Gasteiger partial charge in [0.05, 0.1) is 11.3 Å². The van der Waals surface area contributed by atoms with Gasteiger partial charge in [-0.05, 0) is 59.9 Å². The first kappa shape index (κ1) is 25.2. The van der Waals surface area contributed by atoms with Gasteiger partial charge in [-0.15, -0.1) is 0 Å². The maximum atomic E-state index is 12.4. The van der Waals surface area contributed by atoms with Crippen molar-refractivity contribution in [1.29, 1.82) is 0 Å². The SMILES string of the molecule is C=C(Nc1ccc(Cc2ccc(NC(=C)c3ccccc3)c(C(=O)O)c2)cc1C(C)=O)c1ccccc1. The molecule has 0 aromatic heterocycles. The lowest BCUT2D eigenvalue weighted by molar-refractivity contribution is 0.0697. The zero-order chi connectivity index (χ0) is 26.4. The van der Waals surface area contributed by atoms with Crippen LogP contribution in [0.25, 0.3) is 11.4 Å². The lowest BCUT2D eigenvalue weighted by atomic mass is 9.98. The maximum absolute atomic E-state index is 12.4. The van der Waals surface area contributed by atoms with Gasteiger partial charge in [0.1, 0.15) is 0 Å². The molecule has 5 nitrogen and oxygen atoms in total. The monoisotopic (exact) mass is 488 g/mol. The number of anilines is 2. The van der Waals surface area contributed by atoms with Crippen LogP contribution >= 0.6 is 0 Å². The second-order valence-electron chi connectivity index (χ2n) is 8.74. The Labute approximate surface area is 216 Å². The minimum Gasteiger partial charge on any atom is -0.478 e. The summed E-state index contributed by atoms with van der Waals surface area (Å²) in [5, 5.41) is 16.2. The molecule has 4 aromatic carbocycles. The number of carboxylic acids is 1. The Bertz CT molecular complexity index is 1360. The van der Waals surface area contributed by atoms with Crippen LogP contribution in [0, 0.1) is 0 Å². The van der Waals surface area contributed by atoms with Crippen molar-refractivity contribution in [3.63, 3.8) is 0 Å². The molecular weight excluding hydrogens is 460 g/mol. The van der Waals surface area contributed by atoms with E-state index in [1.54, 1.807) is 12.1 Å². The fourth-order valence-corrected chi connectivity index (χ4v) is 4.07. The molecule has 0 aliphatic heterocycles. The van der Waals surface area contributed by atoms with E-state index in [0.717, 1.165) is 22.3 Å². The first-order valence-electron chi connectivity index (χ1n) is 11.8. The summed E-state index contributed by atoms with van der Waals surface area (Å²) in [5.74, 6) is -1.11. The summed E-state index contributed by atoms with van der Waals surface area (Å²) in [5.41, 5.74) is 6.68. The van der Waals surface area contributed by atoms with E-state index in [2.05, 4.69) is 23.8 Å². The molecule has 0 bridgehead atoms. The molecule has 3 N–H and O–H groups in total. The summed E-state index contributed by atoms with van der Waals surface area (Å²) in [6.07, 6.45) is 0.473. The Kier molecular flexibility index (Phi) is 7.65. The molecule has 0 aliphatic rings. The number of carboxylic acid groups (broad SMARTS) is 1. The molecule has 184 valence electrons. The smallest absolute Gasteiger partial charge is 0.337 e. The van der Waals surface area contributed by atoms with Crippen LogP contribution in [-0.4, -0.2) is 16.9 Å². The number of benzene rings is 4. The van der Waals surface area contributed by atoms with E-state index in [4.69, 9.17) is 0 Å². The summed E-state index contributed by atoms with van der Waals surface area (Å²) in [6.45, 7) is 9.66. The fourth-order valence-electron chi connectivity index (χ4n) is 4.07. The molecular formula is C32H28N2O3. The van der Waals surface area contributed by atoms with Crippen molar-refractivity contribution in [3.05, 3.63) is 144 Å². The van der Waals surface area contributed by atoms with E-state index in [1.165, 1.54) is 6.92 Å². The molecule has 0 fully saturated rings. The van der Waals surface area contributed by atoms with Gasteiger partial charge < -0.3 is 15.7 Å². The van der Waals surface area contributed by atoms with E-state index in [-0.39, 0.29) is 11.3 Å². The topological polar surface area (TPSA) is 78.4 Å². The number of hydrogen-bond donors (Lipinski definition) is 3. The highest BCUT2D eigenvalue weighted by atomic mass is 16.4. The highest BCUT2D eigenvalue weighted by Crippen LogP contribution is 2.27. The van der Waals surface area contributed by atoms with E-state index in [0.29, 0.717) is 34.8 Å². The number of carbonyl (C=O) groups is 2. The summed E-state index contributed by atoms with van der Waals surface area (Å²) in [7, 11) is 0. The Morgan fingerprint density at radius 2 is 1.11 bits per heavy atom. The minimum absolute atomic E-state index is 0.0737. The summed E-state index contributed by atoms with van der Waals surface area (Å²) < 4.78 is 0. The first-order chi connectivity index (χ1) is 17.8. The van der Waals surface area contributed by atoms with Gasteiger partial charge in [0, 0.05) is 22.6 Å². The third kappa shape index (κ3) is 6.21. The molecule has 0 saturated carbocycles. The van der Waals surface area contributed by atoms with Crippen molar-refractivity contribution in [2.24, 2.45) is 0 Å². The number of aromatic carboxylic acids is 1. The van der Waals surface area contributed by atoms with Crippen LogP contribution in [0.4, 0.5) is 11.4 Å². The van der Waals surface area contributed by atoms with Gasteiger partial charge in [0.25, 0.3) is 0 Å². The Balaban J connectivity index is 1.55. The van der Waals surface area contributed by atoms with Gasteiger partial charge in [0.2, 0.25) is 0 Å². The van der Waals surface area contributed by atoms with Crippen molar-refractivity contribution >= 4 is 34.5 Å². The quantitative estimate of drug-likeness (QED) is 0.204. The highest BCUT2D eigenvalue weighted by Gasteiger charge is 2.14. The van der Waals surface area contributed by atoms with Gasteiger partial charge >= 0.3 is 5.97 Å². The van der Waals surface area contributed by atoms with Crippen LogP contribution in [0.5, 0.6) is 0 Å². The minimum atomic E-state index is -1.03. The Hall–Kier alpha value is -4.90. The second kappa shape index (κ2) is 11.2. The second-order valence-corrected chi connectivity index (χ2v) is 8.74. The number of ketones is 1. The van der Waals surface area contributed by atoms with Crippen molar-refractivity contribution in [1.82, 2.24) is 0 Å². The number of hydrogen-bond acceptors (Lipinski definition) is 4. The van der Waals surface area contributed by atoms with Crippen LogP contribution in [0.3, 0.4) is 0 Å². The van der Waals surface area contributed by atoms with E-state index >= 15 is 0 Å². The van der Waals surface area contributed by atoms with Crippen LogP contribution in [0.1, 0.15) is 49.9 Å². The predicted molar refractivity (Wildman–Crippen MR) is 151 cm³/mol. The molecule has 0 spiro atoms. The molecule has 0 saturated heterocycles. The molecule has 37 heavy (non-hydrogen) atoms. The van der Waals surface area contributed by atoms with Gasteiger partial charge in [-0.3, -0.25) is 4.79 Å². The zero-order valence-corrected chi connectivity index (χ0v) is 20.6. The van der Waals surface area contributed by atoms with Gasteiger partial charge in [-0.25, -0.2) is 4.79 Å². The summed E-state index contributed by atoms with van der Waals surface area (Å²) >= 11 is 0. The number of rotatable bonds is 10. The predicted octanol–water partition coefficient (Wildman–Crippen LogP) is 7.34. The Morgan fingerprint density at radius 1 is 0.676 bits per heavy atom. The molecule has 0 amide bonds. The van der Waals surface area contributed by atoms with E-state index in [9.17, 15) is 14.7 Å². The third-order valence-corrected chi connectivity index (χ3v) is 6.00. The van der Waals surface area contributed by atoms with E-state index in [1.807, 2.05) is 84.9 Å².